The Labute approximate surface area is 82.0 Å². The molecule has 2 heteroatoms. The van der Waals surface area contributed by atoms with E-state index in [-0.39, 0.29) is 0 Å². The molecule has 0 aromatic rings. The summed E-state index contributed by atoms with van der Waals surface area (Å²) >= 11 is 0. The molecule has 0 radical (unpaired) electrons. The van der Waals surface area contributed by atoms with Gasteiger partial charge in [-0.2, -0.15) is 0 Å². The highest BCUT2D eigenvalue weighted by Gasteiger charge is 2.24. The molecule has 0 amide bonds. The first kappa shape index (κ1) is 10.6. The van der Waals surface area contributed by atoms with E-state index >= 15 is 0 Å². The zero-order chi connectivity index (χ0) is 9.84. The smallest absolute Gasteiger partial charge is 0.0331 e. The Morgan fingerprint density at radius 3 is 2.69 bits per heavy atom. The third-order valence-electron chi connectivity index (χ3n) is 3.00. The molecule has 1 N–H and O–H groups in total. The van der Waals surface area contributed by atoms with Crippen LogP contribution in [0.5, 0.6) is 0 Å². The Kier molecular flexibility index (Phi) is 3.79. The fourth-order valence-electron chi connectivity index (χ4n) is 1.87. The minimum absolute atomic E-state index is 0.562. The summed E-state index contributed by atoms with van der Waals surface area (Å²) in [5.41, 5.74) is 0. The van der Waals surface area contributed by atoms with Gasteiger partial charge < -0.3 is 10.2 Å². The van der Waals surface area contributed by atoms with Gasteiger partial charge in [0, 0.05) is 18.6 Å². The van der Waals surface area contributed by atoms with Crippen molar-refractivity contribution in [1.82, 2.24) is 10.2 Å². The van der Waals surface area contributed by atoms with E-state index in [0.717, 1.165) is 12.5 Å². The van der Waals surface area contributed by atoms with E-state index in [0.29, 0.717) is 12.1 Å². The van der Waals surface area contributed by atoms with Crippen LogP contribution in [0.15, 0.2) is 12.8 Å². The van der Waals surface area contributed by atoms with Crippen molar-refractivity contribution in [3.05, 3.63) is 12.8 Å². The van der Waals surface area contributed by atoms with E-state index < -0.39 is 0 Å². The van der Waals surface area contributed by atoms with Crippen LogP contribution >= 0.6 is 0 Å². The molecule has 76 valence electrons. The average Bonchev–Trinajstić information content (AvgIpc) is 2.46. The van der Waals surface area contributed by atoms with E-state index in [1.165, 1.54) is 13.0 Å². The molecule has 0 aliphatic carbocycles. The molecule has 0 aromatic carbocycles. The van der Waals surface area contributed by atoms with Gasteiger partial charge in [0.25, 0.3) is 0 Å². The SMILES string of the molecule is C=CN(CC1NCCC1C)C(C)C. The molecular formula is C11H22N2. The summed E-state index contributed by atoms with van der Waals surface area (Å²) < 4.78 is 0. The van der Waals surface area contributed by atoms with Crippen molar-refractivity contribution < 1.29 is 0 Å². The molecule has 1 heterocycles. The van der Waals surface area contributed by atoms with Gasteiger partial charge in [0.05, 0.1) is 0 Å². The molecule has 1 saturated heterocycles. The average molecular weight is 182 g/mol. The lowest BCUT2D eigenvalue weighted by molar-refractivity contribution is 0.263. The van der Waals surface area contributed by atoms with Crippen molar-refractivity contribution in [2.24, 2.45) is 5.92 Å². The predicted octanol–water partition coefficient (Wildman–Crippen LogP) is 1.84. The summed E-state index contributed by atoms with van der Waals surface area (Å²) in [5.74, 6) is 0.807. The van der Waals surface area contributed by atoms with Gasteiger partial charge in [-0.05, 0) is 38.9 Å². The molecule has 1 rings (SSSR count). The fraction of sp³-hybridized carbons (Fsp3) is 0.818. The third-order valence-corrected chi connectivity index (χ3v) is 3.00. The second kappa shape index (κ2) is 4.66. The van der Waals surface area contributed by atoms with Gasteiger partial charge in [-0.3, -0.25) is 0 Å². The quantitative estimate of drug-likeness (QED) is 0.713. The summed E-state index contributed by atoms with van der Waals surface area (Å²) in [4.78, 5) is 2.31. The lowest BCUT2D eigenvalue weighted by atomic mass is 10.0. The van der Waals surface area contributed by atoms with Crippen LogP contribution in [0.25, 0.3) is 0 Å². The number of rotatable bonds is 4. The molecule has 0 aromatic heterocycles. The second-order valence-electron chi connectivity index (χ2n) is 4.30. The van der Waals surface area contributed by atoms with E-state index in [1.54, 1.807) is 0 Å². The Hall–Kier alpha value is -0.500. The van der Waals surface area contributed by atoms with Crippen molar-refractivity contribution in [1.29, 1.82) is 0 Å². The largest absolute Gasteiger partial charge is 0.374 e. The van der Waals surface area contributed by atoms with Gasteiger partial charge in [-0.15, -0.1) is 0 Å². The highest BCUT2D eigenvalue weighted by Crippen LogP contribution is 2.16. The van der Waals surface area contributed by atoms with Crippen LogP contribution in [0.2, 0.25) is 0 Å². The van der Waals surface area contributed by atoms with Crippen LogP contribution in [0, 0.1) is 5.92 Å². The molecule has 0 bridgehead atoms. The lowest BCUT2D eigenvalue weighted by Gasteiger charge is -2.29. The molecule has 0 spiro atoms. The van der Waals surface area contributed by atoms with Gasteiger partial charge in [-0.25, -0.2) is 0 Å². The summed E-state index contributed by atoms with van der Waals surface area (Å²) in [5, 5.41) is 3.54. The molecule has 2 nitrogen and oxygen atoms in total. The van der Waals surface area contributed by atoms with Crippen LogP contribution in [-0.2, 0) is 0 Å². The Morgan fingerprint density at radius 1 is 1.62 bits per heavy atom. The summed E-state index contributed by atoms with van der Waals surface area (Å²) in [6.07, 6.45) is 3.27. The van der Waals surface area contributed by atoms with Gasteiger partial charge in [0.1, 0.15) is 0 Å². The molecule has 2 unspecified atom stereocenters. The van der Waals surface area contributed by atoms with Gasteiger partial charge in [0.2, 0.25) is 0 Å². The lowest BCUT2D eigenvalue weighted by Crippen LogP contribution is -2.40. The Balaban J connectivity index is 2.41. The summed E-state index contributed by atoms with van der Waals surface area (Å²) in [7, 11) is 0. The second-order valence-corrected chi connectivity index (χ2v) is 4.30. The monoisotopic (exact) mass is 182 g/mol. The normalized spacial score (nSPS) is 28.0. The highest BCUT2D eigenvalue weighted by molar-refractivity contribution is 4.87. The van der Waals surface area contributed by atoms with E-state index in [2.05, 4.69) is 37.6 Å². The van der Waals surface area contributed by atoms with Crippen molar-refractivity contribution in [2.75, 3.05) is 13.1 Å². The number of hydrogen-bond donors (Lipinski definition) is 1. The Morgan fingerprint density at radius 2 is 2.31 bits per heavy atom. The van der Waals surface area contributed by atoms with Gasteiger partial charge >= 0.3 is 0 Å². The molecule has 13 heavy (non-hydrogen) atoms. The highest BCUT2D eigenvalue weighted by atomic mass is 15.2. The first-order valence-corrected chi connectivity index (χ1v) is 5.26. The molecule has 1 fully saturated rings. The first-order valence-electron chi connectivity index (χ1n) is 5.26. The van der Waals surface area contributed by atoms with Crippen LogP contribution in [0.3, 0.4) is 0 Å². The van der Waals surface area contributed by atoms with Crippen LogP contribution in [-0.4, -0.2) is 30.1 Å². The maximum Gasteiger partial charge on any atom is 0.0331 e. The molecule has 1 aliphatic heterocycles. The van der Waals surface area contributed by atoms with Crippen LogP contribution < -0.4 is 5.32 Å². The van der Waals surface area contributed by atoms with Crippen molar-refractivity contribution in [2.45, 2.75) is 39.3 Å². The van der Waals surface area contributed by atoms with Crippen LogP contribution in [0.1, 0.15) is 27.2 Å². The van der Waals surface area contributed by atoms with Crippen molar-refractivity contribution in [3.8, 4) is 0 Å². The maximum absolute atomic E-state index is 3.85. The number of hydrogen-bond acceptors (Lipinski definition) is 2. The van der Waals surface area contributed by atoms with E-state index in [9.17, 15) is 0 Å². The predicted molar refractivity (Wildman–Crippen MR) is 57.6 cm³/mol. The zero-order valence-electron chi connectivity index (χ0n) is 9.09. The maximum atomic E-state index is 3.85. The number of nitrogens with zero attached hydrogens (tertiary/aromatic N) is 1. The van der Waals surface area contributed by atoms with Gasteiger partial charge in [0.15, 0.2) is 0 Å². The van der Waals surface area contributed by atoms with Gasteiger partial charge in [-0.1, -0.05) is 13.5 Å². The van der Waals surface area contributed by atoms with Crippen LogP contribution in [0.4, 0.5) is 0 Å². The fourth-order valence-corrected chi connectivity index (χ4v) is 1.87. The standard InChI is InChI=1S/C11H22N2/c1-5-13(9(2)3)8-11-10(4)6-7-12-11/h5,9-12H,1,6-8H2,2-4H3. The third kappa shape index (κ3) is 2.73. The minimum Gasteiger partial charge on any atom is -0.374 e. The topological polar surface area (TPSA) is 15.3 Å². The summed E-state index contributed by atoms with van der Waals surface area (Å²) in [6.45, 7) is 12.9. The molecule has 2 atom stereocenters. The molecular weight excluding hydrogens is 160 g/mol. The number of nitrogens with one attached hydrogen (secondary N) is 1. The van der Waals surface area contributed by atoms with E-state index in [4.69, 9.17) is 0 Å². The van der Waals surface area contributed by atoms with Crippen molar-refractivity contribution in [3.63, 3.8) is 0 Å². The zero-order valence-corrected chi connectivity index (χ0v) is 9.09. The molecule has 1 aliphatic rings. The molecule has 0 saturated carbocycles. The Bertz CT molecular complexity index is 165. The van der Waals surface area contributed by atoms with E-state index in [1.807, 2.05) is 6.20 Å². The minimum atomic E-state index is 0.562. The van der Waals surface area contributed by atoms with Crippen molar-refractivity contribution >= 4 is 0 Å². The first-order chi connectivity index (χ1) is 6.15. The summed E-state index contributed by atoms with van der Waals surface area (Å²) in [6, 6.07) is 1.22.